The number of hydrogen-bond acceptors (Lipinski definition) is 5. The average molecular weight is 414 g/mol. The molecule has 0 aromatic heterocycles. The van der Waals surface area contributed by atoms with E-state index < -0.39 is 42.7 Å². The van der Waals surface area contributed by atoms with Gasteiger partial charge in [0.25, 0.3) is 17.7 Å². The molecule has 0 saturated heterocycles. The van der Waals surface area contributed by atoms with E-state index in [2.05, 4.69) is 10.6 Å². The van der Waals surface area contributed by atoms with Gasteiger partial charge in [0.05, 0.1) is 0 Å². The minimum atomic E-state index is -0.859. The van der Waals surface area contributed by atoms with Gasteiger partial charge in [-0.05, 0) is 47.4 Å². The molecular formula is C22H23FN2O5. The van der Waals surface area contributed by atoms with Crippen LogP contribution >= 0.6 is 0 Å². The van der Waals surface area contributed by atoms with Crippen LogP contribution in [0, 0.1) is 5.82 Å². The number of hydrogen-bond donors (Lipinski definition) is 2. The summed E-state index contributed by atoms with van der Waals surface area (Å²) in [7, 11) is 0. The van der Waals surface area contributed by atoms with Crippen LogP contribution in [-0.4, -0.2) is 36.8 Å². The van der Waals surface area contributed by atoms with Gasteiger partial charge in [-0.2, -0.15) is 0 Å². The van der Waals surface area contributed by atoms with E-state index in [4.69, 9.17) is 4.74 Å². The van der Waals surface area contributed by atoms with E-state index in [9.17, 15) is 23.6 Å². The van der Waals surface area contributed by atoms with E-state index in [-0.39, 0.29) is 11.0 Å². The first-order valence-corrected chi connectivity index (χ1v) is 9.20. The van der Waals surface area contributed by atoms with Gasteiger partial charge in [-0.15, -0.1) is 0 Å². The lowest BCUT2D eigenvalue weighted by Gasteiger charge is -2.19. The first kappa shape index (κ1) is 22.7. The molecule has 0 aliphatic carbocycles. The Morgan fingerprint density at radius 2 is 1.40 bits per heavy atom. The number of ether oxygens (including phenoxy) is 1. The van der Waals surface area contributed by atoms with Crippen molar-refractivity contribution in [3.63, 3.8) is 0 Å². The smallest absolute Gasteiger partial charge is 0.325 e. The van der Waals surface area contributed by atoms with Crippen LogP contribution in [0.1, 0.15) is 47.1 Å². The van der Waals surface area contributed by atoms with Gasteiger partial charge in [0.1, 0.15) is 12.4 Å². The monoisotopic (exact) mass is 414 g/mol. The van der Waals surface area contributed by atoms with Crippen LogP contribution in [0.25, 0.3) is 0 Å². The summed E-state index contributed by atoms with van der Waals surface area (Å²) in [6.07, 6.45) is 0. The van der Waals surface area contributed by atoms with Gasteiger partial charge < -0.3 is 10.1 Å². The summed E-state index contributed by atoms with van der Waals surface area (Å²) in [6, 6.07) is 11.6. The van der Waals surface area contributed by atoms with Crippen molar-refractivity contribution in [1.29, 1.82) is 0 Å². The predicted octanol–water partition coefficient (Wildman–Crippen LogP) is 2.35. The van der Waals surface area contributed by atoms with Crippen LogP contribution in [0.3, 0.4) is 0 Å². The molecule has 0 atom stereocenters. The van der Waals surface area contributed by atoms with Gasteiger partial charge in [0.2, 0.25) is 0 Å². The fourth-order valence-electron chi connectivity index (χ4n) is 2.41. The zero-order valence-electron chi connectivity index (χ0n) is 17.0. The first-order chi connectivity index (χ1) is 14.1. The molecule has 2 N–H and O–H groups in total. The summed E-state index contributed by atoms with van der Waals surface area (Å²) < 4.78 is 17.6. The van der Waals surface area contributed by atoms with Gasteiger partial charge in [-0.1, -0.05) is 32.9 Å². The number of carbonyl (C=O) groups is 4. The van der Waals surface area contributed by atoms with Crippen molar-refractivity contribution in [3.8, 4) is 0 Å². The maximum atomic E-state index is 12.8. The lowest BCUT2D eigenvalue weighted by Crippen LogP contribution is -2.36. The topological polar surface area (TPSA) is 102 Å². The molecule has 0 heterocycles. The van der Waals surface area contributed by atoms with Crippen molar-refractivity contribution in [2.75, 3.05) is 13.2 Å². The first-order valence-electron chi connectivity index (χ1n) is 9.20. The Morgan fingerprint density at radius 3 is 1.97 bits per heavy atom. The molecule has 0 aliphatic heterocycles. The molecule has 3 amide bonds. The summed E-state index contributed by atoms with van der Waals surface area (Å²) in [6.45, 7) is 4.98. The minimum absolute atomic E-state index is 0.0643. The molecule has 2 aromatic carbocycles. The second kappa shape index (κ2) is 9.78. The number of amides is 3. The fourth-order valence-corrected chi connectivity index (χ4v) is 2.41. The Balaban J connectivity index is 1.75. The van der Waals surface area contributed by atoms with Crippen molar-refractivity contribution in [1.82, 2.24) is 10.6 Å². The molecule has 0 saturated carbocycles. The van der Waals surface area contributed by atoms with Crippen LogP contribution < -0.4 is 10.6 Å². The van der Waals surface area contributed by atoms with Gasteiger partial charge in [-0.3, -0.25) is 24.5 Å². The standard InChI is InChI=1S/C22H23FN2O5/c1-22(2,3)16-8-4-15(5-9-16)21(29)25-18(26)13-30-19(27)12-24-20(28)14-6-10-17(23)11-7-14/h4-11H,12-13H2,1-3H3,(H,24,28)(H,25,26,29). The van der Waals surface area contributed by atoms with Crippen LogP contribution in [-0.2, 0) is 19.7 Å². The molecule has 2 rings (SSSR count). The van der Waals surface area contributed by atoms with Crippen molar-refractivity contribution in [2.45, 2.75) is 26.2 Å². The molecule has 0 radical (unpaired) electrons. The molecule has 0 bridgehead atoms. The number of esters is 1. The fraction of sp³-hybridized carbons (Fsp3) is 0.273. The maximum absolute atomic E-state index is 12.8. The largest absolute Gasteiger partial charge is 0.454 e. The molecule has 0 fully saturated rings. The highest BCUT2D eigenvalue weighted by molar-refractivity contribution is 6.05. The van der Waals surface area contributed by atoms with E-state index in [1.807, 2.05) is 32.9 Å². The SMILES string of the molecule is CC(C)(C)c1ccc(C(=O)NC(=O)COC(=O)CNC(=O)c2ccc(F)cc2)cc1. The summed E-state index contributed by atoms with van der Waals surface area (Å²) in [4.78, 5) is 47.4. The lowest BCUT2D eigenvalue weighted by molar-refractivity contribution is -0.147. The second-order valence-electron chi connectivity index (χ2n) is 7.55. The zero-order valence-corrected chi connectivity index (χ0v) is 17.0. The molecule has 8 heteroatoms. The van der Waals surface area contributed by atoms with Crippen LogP contribution in [0.5, 0.6) is 0 Å². The Morgan fingerprint density at radius 1 is 0.867 bits per heavy atom. The van der Waals surface area contributed by atoms with Gasteiger partial charge in [0, 0.05) is 11.1 Å². The molecular weight excluding hydrogens is 391 g/mol. The summed E-state index contributed by atoms with van der Waals surface area (Å²) in [5.41, 5.74) is 1.45. The van der Waals surface area contributed by atoms with Crippen LogP contribution in [0.2, 0.25) is 0 Å². The van der Waals surface area contributed by atoms with Gasteiger partial charge in [0.15, 0.2) is 6.61 Å². The quantitative estimate of drug-likeness (QED) is 0.707. The average Bonchev–Trinajstić information content (AvgIpc) is 2.70. The number of rotatable bonds is 6. The molecule has 0 aliphatic rings. The highest BCUT2D eigenvalue weighted by Crippen LogP contribution is 2.22. The van der Waals surface area contributed by atoms with Gasteiger partial charge in [-0.25, -0.2) is 4.39 Å². The van der Waals surface area contributed by atoms with Crippen molar-refractivity contribution in [3.05, 3.63) is 71.0 Å². The minimum Gasteiger partial charge on any atom is -0.454 e. The number of carbonyl (C=O) groups excluding carboxylic acids is 4. The summed E-state index contributed by atoms with van der Waals surface area (Å²) in [5.74, 6) is -3.34. The van der Waals surface area contributed by atoms with E-state index in [1.54, 1.807) is 12.1 Å². The summed E-state index contributed by atoms with van der Waals surface area (Å²) in [5, 5.41) is 4.42. The number of nitrogens with one attached hydrogen (secondary N) is 2. The Hall–Kier alpha value is -3.55. The van der Waals surface area contributed by atoms with Gasteiger partial charge >= 0.3 is 5.97 Å². The van der Waals surface area contributed by atoms with E-state index in [0.29, 0.717) is 5.56 Å². The Bertz CT molecular complexity index is 931. The molecule has 158 valence electrons. The number of imide groups is 1. The van der Waals surface area contributed by atoms with E-state index in [1.165, 1.54) is 12.1 Å². The molecule has 0 unspecified atom stereocenters. The normalized spacial score (nSPS) is 10.8. The molecule has 2 aromatic rings. The highest BCUT2D eigenvalue weighted by atomic mass is 19.1. The van der Waals surface area contributed by atoms with Crippen LogP contribution in [0.15, 0.2) is 48.5 Å². The van der Waals surface area contributed by atoms with Crippen molar-refractivity contribution >= 4 is 23.7 Å². The number of halogens is 1. The second-order valence-corrected chi connectivity index (χ2v) is 7.55. The Labute approximate surface area is 173 Å². The third-order valence-corrected chi connectivity index (χ3v) is 4.13. The maximum Gasteiger partial charge on any atom is 0.325 e. The lowest BCUT2D eigenvalue weighted by atomic mass is 9.87. The Kier molecular flexibility index (Phi) is 7.41. The summed E-state index contributed by atoms with van der Waals surface area (Å²) >= 11 is 0. The number of benzene rings is 2. The third kappa shape index (κ3) is 6.80. The zero-order chi connectivity index (χ0) is 22.3. The third-order valence-electron chi connectivity index (χ3n) is 4.13. The van der Waals surface area contributed by atoms with Crippen LogP contribution in [0.4, 0.5) is 4.39 Å². The molecule has 0 spiro atoms. The van der Waals surface area contributed by atoms with Crippen molar-refractivity contribution in [2.24, 2.45) is 0 Å². The van der Waals surface area contributed by atoms with E-state index >= 15 is 0 Å². The predicted molar refractivity (Wildman–Crippen MR) is 107 cm³/mol. The molecule has 7 nitrogen and oxygen atoms in total. The van der Waals surface area contributed by atoms with Crippen molar-refractivity contribution < 1.29 is 28.3 Å². The molecule has 30 heavy (non-hydrogen) atoms. The highest BCUT2D eigenvalue weighted by Gasteiger charge is 2.16. The van der Waals surface area contributed by atoms with E-state index in [0.717, 1.165) is 17.7 Å².